The average molecular weight is 350 g/mol. The summed E-state index contributed by atoms with van der Waals surface area (Å²) in [5, 5.41) is 8.39. The van der Waals surface area contributed by atoms with Crippen LogP contribution in [0.1, 0.15) is 16.8 Å². The van der Waals surface area contributed by atoms with Crippen LogP contribution in [0.3, 0.4) is 0 Å². The predicted octanol–water partition coefficient (Wildman–Crippen LogP) is 2.66. The standard InChI is InChI=1S/C20H22N4O2/c1-25-18-4-3-14(11-19(18)26-2)13-24-17-7-10-22-12-16(17)20(23-24)15-5-8-21-9-6-15/h3-6,8-9,11,22H,7,10,12-13H2,1-2H3. The van der Waals surface area contributed by atoms with E-state index in [0.29, 0.717) is 6.54 Å². The van der Waals surface area contributed by atoms with Gasteiger partial charge in [-0.15, -0.1) is 0 Å². The van der Waals surface area contributed by atoms with Crippen LogP contribution in [-0.4, -0.2) is 35.5 Å². The smallest absolute Gasteiger partial charge is 0.161 e. The number of aromatic nitrogens is 3. The minimum atomic E-state index is 0.702. The second kappa shape index (κ2) is 7.17. The molecular weight excluding hydrogens is 328 g/mol. The van der Waals surface area contributed by atoms with Crippen molar-refractivity contribution in [2.45, 2.75) is 19.5 Å². The number of methoxy groups -OCH3 is 2. The first kappa shape index (κ1) is 16.6. The molecule has 0 atom stereocenters. The van der Waals surface area contributed by atoms with Crippen molar-refractivity contribution in [3.63, 3.8) is 0 Å². The molecule has 26 heavy (non-hydrogen) atoms. The maximum atomic E-state index is 5.43. The number of fused-ring (bicyclic) bond motifs is 1. The van der Waals surface area contributed by atoms with E-state index < -0.39 is 0 Å². The Kier molecular flexibility index (Phi) is 4.58. The zero-order chi connectivity index (χ0) is 17.9. The van der Waals surface area contributed by atoms with E-state index in [4.69, 9.17) is 14.6 Å². The Balaban J connectivity index is 1.72. The highest BCUT2D eigenvalue weighted by atomic mass is 16.5. The summed E-state index contributed by atoms with van der Waals surface area (Å²) in [4.78, 5) is 4.12. The Morgan fingerprint density at radius 3 is 2.65 bits per heavy atom. The summed E-state index contributed by atoms with van der Waals surface area (Å²) in [6.07, 6.45) is 4.59. The lowest BCUT2D eigenvalue weighted by Gasteiger charge is -2.16. The third-order valence-corrected chi connectivity index (χ3v) is 4.74. The van der Waals surface area contributed by atoms with Gasteiger partial charge in [0.1, 0.15) is 0 Å². The van der Waals surface area contributed by atoms with Gasteiger partial charge < -0.3 is 14.8 Å². The predicted molar refractivity (Wildman–Crippen MR) is 99.5 cm³/mol. The molecule has 3 heterocycles. The van der Waals surface area contributed by atoms with E-state index in [9.17, 15) is 0 Å². The molecule has 0 aliphatic carbocycles. The van der Waals surface area contributed by atoms with Gasteiger partial charge in [0.2, 0.25) is 0 Å². The van der Waals surface area contributed by atoms with Crippen LogP contribution < -0.4 is 14.8 Å². The first-order chi connectivity index (χ1) is 12.8. The summed E-state index contributed by atoms with van der Waals surface area (Å²) in [5.74, 6) is 1.47. The van der Waals surface area contributed by atoms with Crippen LogP contribution in [0.4, 0.5) is 0 Å². The molecule has 0 bridgehead atoms. The van der Waals surface area contributed by atoms with Gasteiger partial charge in [-0.1, -0.05) is 6.07 Å². The summed E-state index contributed by atoms with van der Waals surface area (Å²) < 4.78 is 12.9. The molecule has 1 aliphatic rings. The molecule has 3 aromatic rings. The van der Waals surface area contributed by atoms with Gasteiger partial charge in [0, 0.05) is 48.7 Å². The number of hydrogen-bond acceptors (Lipinski definition) is 5. The molecule has 0 fully saturated rings. The van der Waals surface area contributed by atoms with E-state index >= 15 is 0 Å². The first-order valence-electron chi connectivity index (χ1n) is 8.70. The Labute approximate surface area is 152 Å². The van der Waals surface area contributed by atoms with Gasteiger partial charge in [-0.3, -0.25) is 9.67 Å². The number of nitrogens with one attached hydrogen (secondary N) is 1. The van der Waals surface area contributed by atoms with Crippen LogP contribution in [0.25, 0.3) is 11.3 Å². The van der Waals surface area contributed by atoms with Crippen molar-refractivity contribution in [2.24, 2.45) is 0 Å². The Morgan fingerprint density at radius 1 is 1.08 bits per heavy atom. The summed E-state index contributed by atoms with van der Waals surface area (Å²) in [5.41, 5.74) is 5.85. The number of benzene rings is 1. The van der Waals surface area contributed by atoms with Crippen molar-refractivity contribution in [2.75, 3.05) is 20.8 Å². The molecule has 2 aromatic heterocycles. The van der Waals surface area contributed by atoms with Gasteiger partial charge >= 0.3 is 0 Å². The van der Waals surface area contributed by atoms with Crippen LogP contribution in [-0.2, 0) is 19.5 Å². The van der Waals surface area contributed by atoms with E-state index in [0.717, 1.165) is 47.8 Å². The number of hydrogen-bond donors (Lipinski definition) is 1. The molecule has 6 nitrogen and oxygen atoms in total. The van der Waals surface area contributed by atoms with Crippen LogP contribution in [0.15, 0.2) is 42.7 Å². The molecule has 0 saturated heterocycles. The van der Waals surface area contributed by atoms with Crippen LogP contribution in [0.5, 0.6) is 11.5 Å². The summed E-state index contributed by atoms with van der Waals surface area (Å²) in [6.45, 7) is 2.52. The molecule has 134 valence electrons. The lowest BCUT2D eigenvalue weighted by atomic mass is 10.0. The van der Waals surface area contributed by atoms with E-state index in [1.54, 1.807) is 14.2 Å². The third-order valence-electron chi connectivity index (χ3n) is 4.74. The van der Waals surface area contributed by atoms with Gasteiger partial charge in [-0.25, -0.2) is 0 Å². The SMILES string of the molecule is COc1ccc(Cn2nc(-c3ccncc3)c3c2CCNC3)cc1OC. The highest BCUT2D eigenvalue weighted by molar-refractivity contribution is 5.64. The molecule has 6 heteroatoms. The fourth-order valence-electron chi connectivity index (χ4n) is 3.44. The highest BCUT2D eigenvalue weighted by Crippen LogP contribution is 2.30. The van der Waals surface area contributed by atoms with E-state index in [1.165, 1.54) is 11.3 Å². The van der Waals surface area contributed by atoms with Gasteiger partial charge in [0.05, 0.1) is 26.5 Å². The zero-order valence-corrected chi connectivity index (χ0v) is 15.0. The first-order valence-corrected chi connectivity index (χ1v) is 8.70. The minimum absolute atomic E-state index is 0.702. The van der Waals surface area contributed by atoms with E-state index in [2.05, 4.69) is 21.0 Å². The molecule has 1 N–H and O–H groups in total. The Hall–Kier alpha value is -2.86. The summed E-state index contributed by atoms with van der Waals surface area (Å²) in [7, 11) is 3.31. The molecule has 0 spiro atoms. The van der Waals surface area contributed by atoms with Gasteiger partial charge in [0.15, 0.2) is 11.5 Å². The molecule has 0 amide bonds. The Bertz CT molecular complexity index is 906. The molecular formula is C20H22N4O2. The Morgan fingerprint density at radius 2 is 1.88 bits per heavy atom. The van der Waals surface area contributed by atoms with Crippen LogP contribution >= 0.6 is 0 Å². The second-order valence-corrected chi connectivity index (χ2v) is 6.28. The van der Waals surface area contributed by atoms with Crippen molar-refractivity contribution < 1.29 is 9.47 Å². The summed E-state index contributed by atoms with van der Waals surface area (Å²) in [6, 6.07) is 10.0. The fraction of sp³-hybridized carbons (Fsp3) is 0.300. The van der Waals surface area contributed by atoms with Crippen molar-refractivity contribution in [3.05, 3.63) is 59.5 Å². The van der Waals surface area contributed by atoms with Gasteiger partial charge in [0.25, 0.3) is 0 Å². The van der Waals surface area contributed by atoms with Crippen molar-refractivity contribution in [3.8, 4) is 22.8 Å². The van der Waals surface area contributed by atoms with Crippen molar-refractivity contribution in [1.82, 2.24) is 20.1 Å². The topological polar surface area (TPSA) is 61.2 Å². The van der Waals surface area contributed by atoms with E-state index in [1.807, 2.05) is 36.7 Å². The van der Waals surface area contributed by atoms with Gasteiger partial charge in [-0.05, 0) is 29.8 Å². The lowest BCUT2D eigenvalue weighted by molar-refractivity contribution is 0.354. The van der Waals surface area contributed by atoms with E-state index in [-0.39, 0.29) is 0 Å². The zero-order valence-electron chi connectivity index (χ0n) is 15.0. The van der Waals surface area contributed by atoms with Crippen molar-refractivity contribution >= 4 is 0 Å². The molecule has 0 radical (unpaired) electrons. The maximum Gasteiger partial charge on any atom is 0.161 e. The largest absolute Gasteiger partial charge is 0.493 e. The second-order valence-electron chi connectivity index (χ2n) is 6.28. The molecule has 4 rings (SSSR count). The summed E-state index contributed by atoms with van der Waals surface area (Å²) >= 11 is 0. The molecule has 1 aromatic carbocycles. The monoisotopic (exact) mass is 350 g/mol. The van der Waals surface area contributed by atoms with Crippen LogP contribution in [0.2, 0.25) is 0 Å². The molecule has 0 unspecified atom stereocenters. The minimum Gasteiger partial charge on any atom is -0.493 e. The number of rotatable bonds is 5. The van der Waals surface area contributed by atoms with Crippen molar-refractivity contribution in [1.29, 1.82) is 0 Å². The number of nitrogens with zero attached hydrogens (tertiary/aromatic N) is 3. The van der Waals surface area contributed by atoms with Crippen LogP contribution in [0, 0.1) is 0 Å². The normalized spacial score (nSPS) is 13.3. The number of pyridine rings is 1. The average Bonchev–Trinajstić information content (AvgIpc) is 3.07. The quantitative estimate of drug-likeness (QED) is 0.766. The maximum absolute atomic E-state index is 5.43. The molecule has 1 aliphatic heterocycles. The third kappa shape index (κ3) is 3.04. The van der Waals surface area contributed by atoms with Gasteiger partial charge in [-0.2, -0.15) is 5.10 Å². The fourth-order valence-corrected chi connectivity index (χ4v) is 3.44. The number of ether oxygens (including phenoxy) is 2. The highest BCUT2D eigenvalue weighted by Gasteiger charge is 2.21. The lowest BCUT2D eigenvalue weighted by Crippen LogP contribution is -2.25. The molecule has 0 saturated carbocycles.